The molecule has 0 spiro atoms. The van der Waals surface area contributed by atoms with Crippen LogP contribution in [0, 0.1) is 17.2 Å². The van der Waals surface area contributed by atoms with Crippen LogP contribution in [0.2, 0.25) is 0 Å². The molecule has 1 amide bonds. The van der Waals surface area contributed by atoms with Crippen molar-refractivity contribution in [1.29, 1.82) is 0 Å². The van der Waals surface area contributed by atoms with Crippen LogP contribution in [0.5, 0.6) is 0 Å². The van der Waals surface area contributed by atoms with Gasteiger partial charge in [0.25, 0.3) is 0 Å². The van der Waals surface area contributed by atoms with Crippen LogP contribution in [-0.2, 0) is 9.53 Å². The molecule has 1 aromatic rings. The van der Waals surface area contributed by atoms with Gasteiger partial charge in [-0.15, -0.1) is 0 Å². The van der Waals surface area contributed by atoms with E-state index >= 15 is 0 Å². The van der Waals surface area contributed by atoms with E-state index < -0.39 is 0 Å². The van der Waals surface area contributed by atoms with Crippen molar-refractivity contribution < 1.29 is 13.9 Å². The van der Waals surface area contributed by atoms with E-state index in [1.165, 1.54) is 18.6 Å². The summed E-state index contributed by atoms with van der Waals surface area (Å²) < 4.78 is 19.3. The highest BCUT2D eigenvalue weighted by Crippen LogP contribution is 2.45. The lowest BCUT2D eigenvalue weighted by molar-refractivity contribution is -0.158. The number of nitrogens with zero attached hydrogens (tertiary/aromatic N) is 1. The molecule has 0 aromatic heterocycles. The number of fused-ring (bicyclic) bond motifs is 1. The average Bonchev–Trinajstić information content (AvgIpc) is 3.06. The van der Waals surface area contributed by atoms with Crippen molar-refractivity contribution in [2.24, 2.45) is 11.3 Å². The van der Waals surface area contributed by atoms with E-state index in [2.05, 4.69) is 5.32 Å². The summed E-state index contributed by atoms with van der Waals surface area (Å²) in [7, 11) is 0. The van der Waals surface area contributed by atoms with Crippen molar-refractivity contribution in [2.45, 2.75) is 44.8 Å². The summed E-state index contributed by atoms with van der Waals surface area (Å²) in [6.45, 7) is 4.99. The Morgan fingerprint density at radius 1 is 1.28 bits per heavy atom. The minimum Gasteiger partial charge on any atom is -0.367 e. The summed E-state index contributed by atoms with van der Waals surface area (Å²) in [4.78, 5) is 15.5. The molecule has 2 heterocycles. The Balaban J connectivity index is 1.55. The van der Waals surface area contributed by atoms with Crippen LogP contribution in [0.25, 0.3) is 0 Å². The van der Waals surface area contributed by atoms with Gasteiger partial charge in [0.05, 0.1) is 18.1 Å². The van der Waals surface area contributed by atoms with Gasteiger partial charge in [0.2, 0.25) is 5.91 Å². The maximum Gasteiger partial charge on any atom is 0.230 e. The Morgan fingerprint density at radius 2 is 2.08 bits per heavy atom. The zero-order valence-corrected chi connectivity index (χ0v) is 14.8. The summed E-state index contributed by atoms with van der Waals surface area (Å²) >= 11 is 0. The van der Waals surface area contributed by atoms with Crippen LogP contribution in [-0.4, -0.2) is 43.1 Å². The predicted molar refractivity (Wildman–Crippen MR) is 93.5 cm³/mol. The van der Waals surface area contributed by atoms with Crippen LogP contribution < -0.4 is 5.32 Å². The monoisotopic (exact) mass is 346 g/mol. The number of carbonyl (C=O) groups excluding carboxylic acids is 1. The van der Waals surface area contributed by atoms with Gasteiger partial charge in [0.1, 0.15) is 11.9 Å². The number of nitrogens with one attached hydrogen (secondary N) is 1. The van der Waals surface area contributed by atoms with Crippen molar-refractivity contribution >= 4 is 5.91 Å². The van der Waals surface area contributed by atoms with Gasteiger partial charge >= 0.3 is 0 Å². The molecule has 2 unspecified atom stereocenters. The van der Waals surface area contributed by atoms with Crippen LogP contribution in [0.1, 0.15) is 44.3 Å². The lowest BCUT2D eigenvalue weighted by Crippen LogP contribution is -2.54. The molecule has 4 rings (SSSR count). The maximum atomic E-state index is 13.5. The molecule has 0 radical (unpaired) electrons. The first-order valence-corrected chi connectivity index (χ1v) is 9.49. The number of hydrogen-bond donors (Lipinski definition) is 1. The zero-order valence-electron chi connectivity index (χ0n) is 14.8. The van der Waals surface area contributed by atoms with Gasteiger partial charge in [-0.3, -0.25) is 4.79 Å². The summed E-state index contributed by atoms with van der Waals surface area (Å²) in [5, 5.41) is 3.47. The smallest absolute Gasteiger partial charge is 0.230 e. The van der Waals surface area contributed by atoms with Gasteiger partial charge in [0, 0.05) is 13.1 Å². The van der Waals surface area contributed by atoms with Gasteiger partial charge in [-0.25, -0.2) is 4.39 Å². The molecule has 3 fully saturated rings. The Hall–Kier alpha value is -1.46. The highest BCUT2D eigenvalue weighted by Gasteiger charge is 2.52. The third-order valence-electron chi connectivity index (χ3n) is 6.25. The molecule has 4 nitrogen and oxygen atoms in total. The van der Waals surface area contributed by atoms with Crippen LogP contribution >= 0.6 is 0 Å². The van der Waals surface area contributed by atoms with Gasteiger partial charge < -0.3 is 15.0 Å². The number of benzene rings is 1. The Bertz CT molecular complexity index is 635. The molecular formula is C20H27FN2O2. The molecule has 2 saturated heterocycles. The Kier molecular flexibility index (Phi) is 4.54. The first kappa shape index (κ1) is 17.0. The van der Waals surface area contributed by atoms with Crippen LogP contribution in [0.15, 0.2) is 24.3 Å². The molecule has 1 N–H and O–H groups in total. The second-order valence-corrected chi connectivity index (χ2v) is 7.93. The lowest BCUT2D eigenvalue weighted by Gasteiger charge is -2.44. The fourth-order valence-electron chi connectivity index (χ4n) is 4.96. The second kappa shape index (κ2) is 6.69. The minimum absolute atomic E-state index is 0.0134. The highest BCUT2D eigenvalue weighted by atomic mass is 19.1. The SMILES string of the molecule is CC1CN(C(=O)[C@@]23CCCC[C@H]2CNC3)CC(c2ccc(F)cc2)O1. The van der Waals surface area contributed by atoms with Crippen molar-refractivity contribution in [3.05, 3.63) is 35.6 Å². The third-order valence-corrected chi connectivity index (χ3v) is 6.25. The molecule has 25 heavy (non-hydrogen) atoms. The number of hydrogen-bond acceptors (Lipinski definition) is 3. The van der Waals surface area contributed by atoms with Crippen molar-refractivity contribution in [3.8, 4) is 0 Å². The van der Waals surface area contributed by atoms with E-state index in [4.69, 9.17) is 4.74 Å². The van der Waals surface area contributed by atoms with Gasteiger partial charge in [-0.05, 0) is 49.9 Å². The van der Waals surface area contributed by atoms with Crippen molar-refractivity contribution in [3.63, 3.8) is 0 Å². The van der Waals surface area contributed by atoms with E-state index in [1.807, 2.05) is 11.8 Å². The fraction of sp³-hybridized carbons (Fsp3) is 0.650. The van der Waals surface area contributed by atoms with E-state index in [1.54, 1.807) is 12.1 Å². The average molecular weight is 346 g/mol. The molecular weight excluding hydrogens is 319 g/mol. The highest BCUT2D eigenvalue weighted by molar-refractivity contribution is 5.84. The predicted octanol–water partition coefficient (Wildman–Crippen LogP) is 2.89. The largest absolute Gasteiger partial charge is 0.367 e. The maximum absolute atomic E-state index is 13.5. The molecule has 0 bridgehead atoms. The van der Waals surface area contributed by atoms with E-state index in [9.17, 15) is 9.18 Å². The minimum atomic E-state index is -0.249. The number of morpholine rings is 1. The number of ether oxygens (including phenoxy) is 1. The molecule has 2 aliphatic heterocycles. The van der Waals surface area contributed by atoms with Gasteiger partial charge in [0.15, 0.2) is 0 Å². The Labute approximate surface area is 148 Å². The summed E-state index contributed by atoms with van der Waals surface area (Å²) in [6.07, 6.45) is 4.34. The van der Waals surface area contributed by atoms with E-state index in [0.29, 0.717) is 24.9 Å². The second-order valence-electron chi connectivity index (χ2n) is 7.93. The van der Waals surface area contributed by atoms with E-state index in [-0.39, 0.29) is 23.4 Å². The van der Waals surface area contributed by atoms with Gasteiger partial charge in [-0.2, -0.15) is 0 Å². The summed E-state index contributed by atoms with van der Waals surface area (Å²) in [5.41, 5.74) is 0.718. The summed E-state index contributed by atoms with van der Waals surface area (Å²) in [5.74, 6) is 0.516. The van der Waals surface area contributed by atoms with Crippen LogP contribution in [0.3, 0.4) is 0 Å². The molecule has 5 heteroatoms. The lowest BCUT2D eigenvalue weighted by atomic mass is 9.67. The van der Waals surface area contributed by atoms with Gasteiger partial charge in [-0.1, -0.05) is 25.0 Å². The summed E-state index contributed by atoms with van der Waals surface area (Å²) in [6, 6.07) is 6.45. The molecule has 1 aromatic carbocycles. The normalized spacial score (nSPS) is 35.4. The van der Waals surface area contributed by atoms with Crippen molar-refractivity contribution in [1.82, 2.24) is 10.2 Å². The number of rotatable bonds is 2. The molecule has 3 aliphatic rings. The topological polar surface area (TPSA) is 41.6 Å². The molecule has 4 atom stereocenters. The van der Waals surface area contributed by atoms with Crippen molar-refractivity contribution in [2.75, 3.05) is 26.2 Å². The fourth-order valence-corrected chi connectivity index (χ4v) is 4.96. The number of carbonyl (C=O) groups is 1. The Morgan fingerprint density at radius 3 is 2.88 bits per heavy atom. The third kappa shape index (κ3) is 3.08. The molecule has 1 aliphatic carbocycles. The quantitative estimate of drug-likeness (QED) is 0.895. The first-order chi connectivity index (χ1) is 12.1. The van der Waals surface area contributed by atoms with E-state index in [0.717, 1.165) is 37.9 Å². The first-order valence-electron chi connectivity index (χ1n) is 9.49. The standard InChI is InChI=1S/C20H27FN2O2/c1-14-11-23(12-18(25-14)15-5-7-17(21)8-6-15)19(24)20-9-3-2-4-16(20)10-22-13-20/h5-8,14,16,18,22H,2-4,9-13H2,1H3/t14?,16-,18?,20+/m0/s1. The number of halogens is 1. The molecule has 136 valence electrons. The zero-order chi connectivity index (χ0) is 17.4. The van der Waals surface area contributed by atoms with Crippen LogP contribution in [0.4, 0.5) is 4.39 Å². The number of amides is 1. The molecule has 1 saturated carbocycles.